The number of nitrogens with zero attached hydrogens (tertiary/aromatic N) is 1. The third kappa shape index (κ3) is 4.75. The summed E-state index contributed by atoms with van der Waals surface area (Å²) in [5, 5.41) is 21.2. The highest BCUT2D eigenvalue weighted by atomic mass is 14.9. The van der Waals surface area contributed by atoms with Crippen LogP contribution in [0.5, 0.6) is 0 Å². The SMILES string of the molecule is N=C(/N=C(\N)c1ccccc1)c1c(-c2ccc(-c3ccc4c5ccccc5c5ccccc5c4c3)cc2)c2ccccc2c2ccccc12. The second-order valence-corrected chi connectivity index (χ2v) is 12.5. The molecule has 0 fully saturated rings. The minimum absolute atomic E-state index is 0.135. The molecule has 3 N–H and O–H groups in total. The van der Waals surface area contributed by atoms with Gasteiger partial charge in [-0.3, -0.25) is 5.41 Å². The van der Waals surface area contributed by atoms with Crippen LogP contribution in [0.4, 0.5) is 0 Å². The van der Waals surface area contributed by atoms with E-state index in [0.29, 0.717) is 5.84 Å². The Morgan fingerprint density at radius 1 is 0.388 bits per heavy atom. The highest BCUT2D eigenvalue weighted by Crippen LogP contribution is 2.41. The fourth-order valence-electron chi connectivity index (χ4n) is 7.45. The molecular formula is C46H31N3. The number of aliphatic imine (C=N–C) groups is 1. The van der Waals surface area contributed by atoms with Crippen molar-refractivity contribution < 1.29 is 0 Å². The molecule has 0 atom stereocenters. The molecule has 49 heavy (non-hydrogen) atoms. The number of nitrogens with one attached hydrogen (secondary N) is 1. The first-order valence-corrected chi connectivity index (χ1v) is 16.5. The van der Waals surface area contributed by atoms with Crippen molar-refractivity contribution in [3.05, 3.63) is 181 Å². The second-order valence-electron chi connectivity index (χ2n) is 12.5. The Morgan fingerprint density at radius 2 is 0.796 bits per heavy atom. The van der Waals surface area contributed by atoms with Gasteiger partial charge in [0.15, 0.2) is 5.84 Å². The van der Waals surface area contributed by atoms with Gasteiger partial charge in [-0.05, 0) is 76.6 Å². The number of amidine groups is 2. The van der Waals surface area contributed by atoms with Crippen LogP contribution in [-0.2, 0) is 0 Å². The third-order valence-electron chi connectivity index (χ3n) is 9.72. The Kier molecular flexibility index (Phi) is 6.77. The molecule has 0 spiro atoms. The van der Waals surface area contributed by atoms with E-state index in [2.05, 4.69) is 132 Å². The molecule has 0 amide bonds. The first-order chi connectivity index (χ1) is 24.2. The molecule has 0 heterocycles. The van der Waals surface area contributed by atoms with Crippen LogP contribution in [0.15, 0.2) is 175 Å². The summed E-state index contributed by atoms with van der Waals surface area (Å²) in [6.07, 6.45) is 0. The first kappa shape index (κ1) is 28.6. The molecule has 0 saturated heterocycles. The maximum atomic E-state index is 9.37. The molecule has 0 aliphatic rings. The monoisotopic (exact) mass is 625 g/mol. The largest absolute Gasteiger partial charge is 0.383 e. The number of rotatable bonds is 4. The molecule has 3 nitrogen and oxygen atoms in total. The number of hydrogen-bond acceptors (Lipinski definition) is 1. The van der Waals surface area contributed by atoms with Gasteiger partial charge in [-0.25, -0.2) is 4.99 Å². The summed E-state index contributed by atoms with van der Waals surface area (Å²) in [6, 6.07) is 59.3. The van der Waals surface area contributed by atoms with Crippen LogP contribution in [0.1, 0.15) is 11.1 Å². The minimum Gasteiger partial charge on any atom is -0.383 e. The normalized spacial score (nSPS) is 12.0. The van der Waals surface area contributed by atoms with E-state index in [4.69, 9.17) is 5.73 Å². The molecule has 230 valence electrons. The molecule has 0 saturated carbocycles. The van der Waals surface area contributed by atoms with Crippen LogP contribution in [-0.4, -0.2) is 11.7 Å². The molecule has 0 unspecified atom stereocenters. The van der Waals surface area contributed by atoms with E-state index < -0.39 is 0 Å². The zero-order chi connectivity index (χ0) is 32.9. The standard InChI is InChI=1S/C46H31N3/c47-45(31-12-2-1-3-13-31)49-46(48)44-41-21-11-9-18-37(41)36-17-8-10-20-40(36)43(44)30-24-22-29(23-25-30)32-26-27-39-35-16-5-4-14-33(35)34-15-6-7-19-38(34)42(39)28-32/h1-28H,(H3,47,48,49). The van der Waals surface area contributed by atoms with Crippen molar-refractivity contribution in [2.45, 2.75) is 0 Å². The molecular weight excluding hydrogens is 595 g/mol. The molecule has 0 aliphatic heterocycles. The fourth-order valence-corrected chi connectivity index (χ4v) is 7.45. The van der Waals surface area contributed by atoms with Gasteiger partial charge in [0, 0.05) is 16.7 Å². The van der Waals surface area contributed by atoms with Gasteiger partial charge >= 0.3 is 0 Å². The van der Waals surface area contributed by atoms with E-state index in [1.54, 1.807) is 0 Å². The second kappa shape index (κ2) is 11.6. The Morgan fingerprint density at radius 3 is 1.39 bits per heavy atom. The highest BCUT2D eigenvalue weighted by Gasteiger charge is 2.20. The van der Waals surface area contributed by atoms with Gasteiger partial charge in [-0.15, -0.1) is 0 Å². The summed E-state index contributed by atoms with van der Waals surface area (Å²) in [7, 11) is 0. The first-order valence-electron chi connectivity index (χ1n) is 16.5. The lowest BCUT2D eigenvalue weighted by Gasteiger charge is -2.18. The van der Waals surface area contributed by atoms with Crippen molar-refractivity contribution in [2.24, 2.45) is 10.7 Å². The Labute approximate surface area is 284 Å². The summed E-state index contributed by atoms with van der Waals surface area (Å²) in [5.74, 6) is 0.455. The summed E-state index contributed by atoms with van der Waals surface area (Å²) < 4.78 is 0. The molecule has 3 heteroatoms. The number of hydrogen-bond donors (Lipinski definition) is 2. The number of benzene rings is 9. The van der Waals surface area contributed by atoms with E-state index in [0.717, 1.165) is 54.9 Å². The van der Waals surface area contributed by atoms with Crippen LogP contribution >= 0.6 is 0 Å². The van der Waals surface area contributed by atoms with E-state index in [-0.39, 0.29) is 5.84 Å². The minimum atomic E-state index is 0.135. The molecule has 0 radical (unpaired) electrons. The molecule has 0 aliphatic carbocycles. The summed E-state index contributed by atoms with van der Waals surface area (Å²) in [4.78, 5) is 4.68. The quantitative estimate of drug-likeness (QED) is 0.114. The van der Waals surface area contributed by atoms with Gasteiger partial charge in [0.1, 0.15) is 5.84 Å². The maximum absolute atomic E-state index is 9.37. The van der Waals surface area contributed by atoms with E-state index in [1.165, 1.54) is 32.3 Å². The van der Waals surface area contributed by atoms with Crippen molar-refractivity contribution >= 4 is 65.5 Å². The molecule has 9 aromatic carbocycles. The van der Waals surface area contributed by atoms with Gasteiger partial charge in [-0.1, -0.05) is 164 Å². The van der Waals surface area contributed by atoms with Crippen LogP contribution in [0.2, 0.25) is 0 Å². The summed E-state index contributed by atoms with van der Waals surface area (Å²) in [6.45, 7) is 0. The van der Waals surface area contributed by atoms with E-state index >= 15 is 0 Å². The maximum Gasteiger partial charge on any atom is 0.155 e. The Bertz CT molecular complexity index is 2740. The van der Waals surface area contributed by atoms with Gasteiger partial charge in [0.05, 0.1) is 0 Å². The summed E-state index contributed by atoms with van der Waals surface area (Å²) >= 11 is 0. The molecule has 0 aromatic heterocycles. The smallest absolute Gasteiger partial charge is 0.155 e. The van der Waals surface area contributed by atoms with Crippen LogP contribution in [0, 0.1) is 5.41 Å². The van der Waals surface area contributed by atoms with Gasteiger partial charge in [0.2, 0.25) is 0 Å². The molecule has 0 bridgehead atoms. The topological polar surface area (TPSA) is 62.2 Å². The van der Waals surface area contributed by atoms with Crippen LogP contribution in [0.3, 0.4) is 0 Å². The van der Waals surface area contributed by atoms with Crippen LogP contribution in [0.25, 0.3) is 76.1 Å². The van der Waals surface area contributed by atoms with Crippen molar-refractivity contribution in [1.82, 2.24) is 0 Å². The third-order valence-corrected chi connectivity index (χ3v) is 9.72. The Hall–Kier alpha value is -6.58. The number of fused-ring (bicyclic) bond motifs is 9. The average molecular weight is 626 g/mol. The van der Waals surface area contributed by atoms with E-state index in [9.17, 15) is 5.41 Å². The Balaban J connectivity index is 1.22. The lowest BCUT2D eigenvalue weighted by molar-refractivity contribution is 1.41. The lowest BCUT2D eigenvalue weighted by Crippen LogP contribution is -2.16. The molecule has 9 aromatic rings. The molecule has 9 rings (SSSR count). The predicted octanol–water partition coefficient (Wildman–Crippen LogP) is 11.5. The lowest BCUT2D eigenvalue weighted by atomic mass is 9.87. The van der Waals surface area contributed by atoms with Gasteiger partial charge in [-0.2, -0.15) is 0 Å². The van der Waals surface area contributed by atoms with Crippen molar-refractivity contribution in [3.8, 4) is 22.3 Å². The van der Waals surface area contributed by atoms with Crippen molar-refractivity contribution in [3.63, 3.8) is 0 Å². The summed E-state index contributed by atoms with van der Waals surface area (Å²) in [5.41, 5.74) is 12.3. The van der Waals surface area contributed by atoms with Crippen molar-refractivity contribution in [2.75, 3.05) is 0 Å². The zero-order valence-corrected chi connectivity index (χ0v) is 26.7. The van der Waals surface area contributed by atoms with Crippen LogP contribution < -0.4 is 5.73 Å². The zero-order valence-electron chi connectivity index (χ0n) is 26.7. The fraction of sp³-hybridized carbons (Fsp3) is 0. The van der Waals surface area contributed by atoms with E-state index in [1.807, 2.05) is 42.5 Å². The van der Waals surface area contributed by atoms with Gasteiger partial charge in [0.25, 0.3) is 0 Å². The number of nitrogens with two attached hydrogens (primary N) is 1. The van der Waals surface area contributed by atoms with Crippen molar-refractivity contribution in [1.29, 1.82) is 5.41 Å². The predicted molar refractivity (Wildman–Crippen MR) is 209 cm³/mol. The average Bonchev–Trinajstić information content (AvgIpc) is 3.17. The van der Waals surface area contributed by atoms with Gasteiger partial charge < -0.3 is 5.73 Å². The highest BCUT2D eigenvalue weighted by molar-refractivity contribution is 6.27.